The Kier molecular flexibility index (Phi) is 2.55. The Morgan fingerprint density at radius 3 is 2.62 bits per heavy atom. The highest BCUT2D eigenvalue weighted by molar-refractivity contribution is 7.22. The molecule has 0 saturated carbocycles. The third-order valence-electron chi connectivity index (χ3n) is 2.33. The van der Waals surface area contributed by atoms with Crippen LogP contribution in [0, 0.1) is 0 Å². The fourth-order valence-electron chi connectivity index (χ4n) is 1.46. The van der Waals surface area contributed by atoms with Gasteiger partial charge in [-0.25, -0.2) is 9.78 Å². The van der Waals surface area contributed by atoms with E-state index >= 15 is 0 Å². The van der Waals surface area contributed by atoms with Crippen molar-refractivity contribution in [2.45, 2.75) is 6.92 Å². The summed E-state index contributed by atoms with van der Waals surface area (Å²) in [5.41, 5.74) is -0.209. The van der Waals surface area contributed by atoms with Gasteiger partial charge in [0.05, 0.1) is 0 Å². The Morgan fingerprint density at radius 2 is 2.00 bits per heavy atom. The van der Waals surface area contributed by atoms with Crippen LogP contribution in [0.4, 0.5) is 5.13 Å². The van der Waals surface area contributed by atoms with Gasteiger partial charge in [0, 0.05) is 20.6 Å². The van der Waals surface area contributed by atoms with Crippen LogP contribution in [0.15, 0.2) is 9.59 Å². The van der Waals surface area contributed by atoms with Gasteiger partial charge in [-0.1, -0.05) is 11.3 Å². The predicted molar refractivity (Wildman–Crippen MR) is 64.3 cm³/mol. The molecular formula is C9H12N4O2S. The van der Waals surface area contributed by atoms with Gasteiger partial charge in [-0.2, -0.15) is 0 Å². The van der Waals surface area contributed by atoms with Crippen LogP contribution in [-0.4, -0.2) is 20.7 Å². The van der Waals surface area contributed by atoms with Gasteiger partial charge in [-0.15, -0.1) is 0 Å². The number of thiazole rings is 1. The van der Waals surface area contributed by atoms with Gasteiger partial charge in [0.15, 0.2) is 10.8 Å². The Morgan fingerprint density at radius 1 is 1.31 bits per heavy atom. The second-order valence-corrected chi connectivity index (χ2v) is 4.41. The molecule has 0 aliphatic heterocycles. The zero-order valence-electron chi connectivity index (χ0n) is 9.27. The molecule has 1 N–H and O–H groups in total. The van der Waals surface area contributed by atoms with Gasteiger partial charge >= 0.3 is 5.69 Å². The van der Waals surface area contributed by atoms with Crippen molar-refractivity contribution in [3.63, 3.8) is 0 Å². The molecule has 0 atom stereocenters. The third-order valence-corrected chi connectivity index (χ3v) is 3.32. The summed E-state index contributed by atoms with van der Waals surface area (Å²) in [6.45, 7) is 2.68. The van der Waals surface area contributed by atoms with Crippen LogP contribution in [-0.2, 0) is 14.1 Å². The Balaban J connectivity index is 2.87. The van der Waals surface area contributed by atoms with Crippen LogP contribution >= 0.6 is 11.3 Å². The lowest BCUT2D eigenvalue weighted by molar-refractivity contribution is 0.710. The van der Waals surface area contributed by atoms with Crippen LogP contribution in [0.5, 0.6) is 0 Å². The van der Waals surface area contributed by atoms with Gasteiger partial charge < -0.3 is 5.32 Å². The van der Waals surface area contributed by atoms with E-state index in [0.29, 0.717) is 15.5 Å². The highest BCUT2D eigenvalue weighted by Gasteiger charge is 2.13. The quantitative estimate of drug-likeness (QED) is 0.810. The highest BCUT2D eigenvalue weighted by atomic mass is 32.1. The SMILES string of the molecule is CCNc1nc2c(s1)c(=O)n(C)c(=O)n2C. The lowest BCUT2D eigenvalue weighted by atomic mass is 10.5. The molecular weight excluding hydrogens is 228 g/mol. The molecule has 0 spiro atoms. The topological polar surface area (TPSA) is 68.9 Å². The van der Waals surface area contributed by atoms with Crippen LogP contribution in [0.1, 0.15) is 6.92 Å². The van der Waals surface area contributed by atoms with Crippen molar-refractivity contribution >= 4 is 26.8 Å². The first-order chi connectivity index (χ1) is 7.56. The summed E-state index contributed by atoms with van der Waals surface area (Å²) in [5, 5.41) is 3.70. The standard InChI is InChI=1S/C9H12N4O2S/c1-4-10-8-11-6-5(16-8)7(14)13(3)9(15)12(6)2/h4H2,1-3H3,(H,10,11). The van der Waals surface area contributed by atoms with E-state index in [9.17, 15) is 9.59 Å². The Labute approximate surface area is 95.2 Å². The maximum absolute atomic E-state index is 11.8. The summed E-state index contributed by atoms with van der Waals surface area (Å²) in [6, 6.07) is 0. The highest BCUT2D eigenvalue weighted by Crippen LogP contribution is 2.21. The van der Waals surface area contributed by atoms with E-state index in [2.05, 4.69) is 10.3 Å². The van der Waals surface area contributed by atoms with E-state index in [1.165, 1.54) is 23.0 Å². The predicted octanol–water partition coefficient (Wildman–Crippen LogP) is 0.125. The third kappa shape index (κ3) is 1.44. The number of nitrogens with zero attached hydrogens (tertiary/aromatic N) is 3. The fraction of sp³-hybridized carbons (Fsp3) is 0.444. The molecule has 0 fully saturated rings. The summed E-state index contributed by atoms with van der Waals surface area (Å²) in [6.07, 6.45) is 0. The van der Waals surface area contributed by atoms with Crippen molar-refractivity contribution in [3.8, 4) is 0 Å². The average molecular weight is 240 g/mol. The molecule has 0 unspecified atom stereocenters. The van der Waals surface area contributed by atoms with E-state index in [4.69, 9.17) is 0 Å². The first-order valence-electron chi connectivity index (χ1n) is 4.86. The van der Waals surface area contributed by atoms with Crippen molar-refractivity contribution in [1.82, 2.24) is 14.1 Å². The summed E-state index contributed by atoms with van der Waals surface area (Å²) in [7, 11) is 3.08. The maximum Gasteiger partial charge on any atom is 0.332 e. The van der Waals surface area contributed by atoms with Gasteiger partial charge in [-0.05, 0) is 6.92 Å². The van der Waals surface area contributed by atoms with Crippen molar-refractivity contribution in [3.05, 3.63) is 20.8 Å². The lowest BCUT2D eigenvalue weighted by Gasteiger charge is -2.00. The lowest BCUT2D eigenvalue weighted by Crippen LogP contribution is -2.36. The van der Waals surface area contributed by atoms with E-state index in [0.717, 1.165) is 11.1 Å². The molecule has 2 aromatic rings. The zero-order chi connectivity index (χ0) is 11.9. The molecule has 6 nitrogen and oxygen atoms in total. The summed E-state index contributed by atoms with van der Waals surface area (Å²) < 4.78 is 2.98. The monoisotopic (exact) mass is 240 g/mol. The summed E-state index contributed by atoms with van der Waals surface area (Å²) in [5.74, 6) is 0. The molecule has 86 valence electrons. The second kappa shape index (κ2) is 3.75. The number of nitrogens with one attached hydrogen (secondary N) is 1. The number of hydrogen-bond donors (Lipinski definition) is 1. The van der Waals surface area contributed by atoms with Crippen LogP contribution in [0.2, 0.25) is 0 Å². The van der Waals surface area contributed by atoms with E-state index < -0.39 is 0 Å². The van der Waals surface area contributed by atoms with Gasteiger partial charge in [0.2, 0.25) is 0 Å². The largest absolute Gasteiger partial charge is 0.362 e. The van der Waals surface area contributed by atoms with Crippen molar-refractivity contribution in [1.29, 1.82) is 0 Å². The van der Waals surface area contributed by atoms with E-state index in [1.807, 2.05) is 6.92 Å². The minimum absolute atomic E-state index is 0.292. The number of aryl methyl sites for hydroxylation is 1. The summed E-state index contributed by atoms with van der Waals surface area (Å²) >= 11 is 1.27. The summed E-state index contributed by atoms with van der Waals surface area (Å²) in [4.78, 5) is 27.7. The van der Waals surface area contributed by atoms with Gasteiger partial charge in [-0.3, -0.25) is 13.9 Å². The maximum atomic E-state index is 11.8. The average Bonchev–Trinajstić information content (AvgIpc) is 2.68. The second-order valence-electron chi connectivity index (χ2n) is 3.41. The number of anilines is 1. The molecule has 0 aromatic carbocycles. The van der Waals surface area contributed by atoms with Crippen molar-refractivity contribution in [2.75, 3.05) is 11.9 Å². The first-order valence-corrected chi connectivity index (χ1v) is 5.68. The molecule has 2 rings (SSSR count). The zero-order valence-corrected chi connectivity index (χ0v) is 10.1. The molecule has 2 aromatic heterocycles. The molecule has 7 heteroatoms. The minimum Gasteiger partial charge on any atom is -0.362 e. The normalized spacial score (nSPS) is 10.9. The Bertz CT molecular complexity index is 652. The smallest absolute Gasteiger partial charge is 0.332 e. The van der Waals surface area contributed by atoms with Crippen LogP contribution in [0.3, 0.4) is 0 Å². The number of fused-ring (bicyclic) bond motifs is 1. The number of aromatic nitrogens is 3. The molecule has 0 amide bonds. The molecule has 0 saturated heterocycles. The molecule has 0 aliphatic rings. The number of rotatable bonds is 2. The van der Waals surface area contributed by atoms with Crippen molar-refractivity contribution in [2.24, 2.45) is 14.1 Å². The van der Waals surface area contributed by atoms with Crippen molar-refractivity contribution < 1.29 is 0 Å². The van der Waals surface area contributed by atoms with Crippen LogP contribution < -0.4 is 16.6 Å². The molecule has 0 aliphatic carbocycles. The molecule has 2 heterocycles. The van der Waals surface area contributed by atoms with E-state index in [1.54, 1.807) is 7.05 Å². The van der Waals surface area contributed by atoms with Gasteiger partial charge in [0.25, 0.3) is 5.56 Å². The number of hydrogen-bond acceptors (Lipinski definition) is 5. The van der Waals surface area contributed by atoms with Gasteiger partial charge in [0.1, 0.15) is 4.70 Å². The Hall–Kier alpha value is -1.63. The fourth-order valence-corrected chi connectivity index (χ4v) is 2.50. The van der Waals surface area contributed by atoms with E-state index in [-0.39, 0.29) is 11.2 Å². The molecule has 16 heavy (non-hydrogen) atoms. The minimum atomic E-state index is -0.356. The first kappa shape index (κ1) is 10.9. The molecule has 0 bridgehead atoms. The molecule has 0 radical (unpaired) electrons. The van der Waals surface area contributed by atoms with Crippen LogP contribution in [0.25, 0.3) is 10.3 Å².